The van der Waals surface area contributed by atoms with Gasteiger partial charge in [-0.2, -0.15) is 0 Å². The summed E-state index contributed by atoms with van der Waals surface area (Å²) in [5, 5.41) is 12.0. The molecule has 2 atom stereocenters. The van der Waals surface area contributed by atoms with Crippen molar-refractivity contribution in [2.75, 3.05) is 6.61 Å². The van der Waals surface area contributed by atoms with Crippen molar-refractivity contribution < 1.29 is 9.84 Å². The lowest BCUT2D eigenvalue weighted by atomic mass is 10.1. The third-order valence-electron chi connectivity index (χ3n) is 2.49. The monoisotopic (exact) mass is 198 g/mol. The smallest absolute Gasteiger partial charge is 0.114 e. The van der Waals surface area contributed by atoms with Gasteiger partial charge in [0, 0.05) is 11.5 Å². The maximum atomic E-state index is 9.98. The van der Waals surface area contributed by atoms with Crippen molar-refractivity contribution in [3.05, 3.63) is 21.9 Å². The first-order valence-corrected chi connectivity index (χ1v) is 5.50. The van der Waals surface area contributed by atoms with Gasteiger partial charge in [0.1, 0.15) is 6.10 Å². The summed E-state index contributed by atoms with van der Waals surface area (Å²) < 4.78 is 5.45. The lowest BCUT2D eigenvalue weighted by molar-refractivity contribution is -0.00104. The first-order valence-electron chi connectivity index (χ1n) is 4.62. The molecule has 1 aromatic rings. The van der Waals surface area contributed by atoms with Gasteiger partial charge in [-0.15, -0.1) is 11.3 Å². The zero-order valence-corrected chi connectivity index (χ0v) is 8.51. The Morgan fingerprint density at radius 2 is 2.54 bits per heavy atom. The highest BCUT2D eigenvalue weighted by Crippen LogP contribution is 2.31. The molecular formula is C10H14O2S. The summed E-state index contributed by atoms with van der Waals surface area (Å²) in [6, 6.07) is 2.04. The van der Waals surface area contributed by atoms with Crippen LogP contribution in [0.3, 0.4) is 0 Å². The van der Waals surface area contributed by atoms with E-state index in [-0.39, 0.29) is 6.10 Å². The molecule has 1 fully saturated rings. The van der Waals surface area contributed by atoms with E-state index in [9.17, 15) is 5.11 Å². The number of aryl methyl sites for hydroxylation is 1. The Kier molecular flexibility index (Phi) is 2.67. The number of aliphatic hydroxyl groups is 1. The third-order valence-corrected chi connectivity index (χ3v) is 3.58. The predicted octanol–water partition coefficient (Wildman–Crippen LogP) is 2.27. The van der Waals surface area contributed by atoms with Crippen LogP contribution in [0.2, 0.25) is 0 Å². The number of rotatable bonds is 2. The van der Waals surface area contributed by atoms with E-state index in [0.717, 1.165) is 24.3 Å². The highest BCUT2D eigenvalue weighted by molar-refractivity contribution is 7.10. The van der Waals surface area contributed by atoms with Gasteiger partial charge < -0.3 is 9.84 Å². The quantitative estimate of drug-likeness (QED) is 0.790. The Morgan fingerprint density at radius 1 is 1.69 bits per heavy atom. The predicted molar refractivity (Wildman–Crippen MR) is 53.0 cm³/mol. The highest BCUT2D eigenvalue weighted by Gasteiger charge is 2.26. The summed E-state index contributed by atoms with van der Waals surface area (Å²) in [6.45, 7) is 2.83. The van der Waals surface area contributed by atoms with Crippen LogP contribution in [0.5, 0.6) is 0 Å². The molecular weight excluding hydrogens is 184 g/mol. The molecule has 0 radical (unpaired) electrons. The van der Waals surface area contributed by atoms with Crippen LogP contribution in [0.4, 0.5) is 0 Å². The van der Waals surface area contributed by atoms with E-state index in [1.54, 1.807) is 11.3 Å². The Bertz CT molecular complexity index is 276. The van der Waals surface area contributed by atoms with Crippen LogP contribution in [-0.4, -0.2) is 17.8 Å². The largest absolute Gasteiger partial charge is 0.385 e. The SMILES string of the molecule is Cc1ccsc1C(O)C1CCCO1. The Balaban J connectivity index is 2.12. The molecule has 1 aliphatic rings. The van der Waals surface area contributed by atoms with E-state index in [2.05, 4.69) is 0 Å². The zero-order valence-electron chi connectivity index (χ0n) is 7.69. The number of hydrogen-bond acceptors (Lipinski definition) is 3. The van der Waals surface area contributed by atoms with Crippen molar-refractivity contribution in [2.45, 2.75) is 32.0 Å². The van der Waals surface area contributed by atoms with Crippen LogP contribution < -0.4 is 0 Å². The molecule has 0 bridgehead atoms. The molecule has 1 aliphatic heterocycles. The van der Waals surface area contributed by atoms with E-state index < -0.39 is 6.10 Å². The minimum Gasteiger partial charge on any atom is -0.385 e. The van der Waals surface area contributed by atoms with Crippen molar-refractivity contribution in [3.8, 4) is 0 Å². The van der Waals surface area contributed by atoms with Gasteiger partial charge in [-0.05, 0) is 36.8 Å². The molecule has 0 aliphatic carbocycles. The molecule has 0 aromatic carbocycles. The van der Waals surface area contributed by atoms with Gasteiger partial charge in [-0.25, -0.2) is 0 Å². The van der Waals surface area contributed by atoms with Crippen LogP contribution in [0.1, 0.15) is 29.4 Å². The molecule has 1 N–H and O–H groups in total. The number of thiophene rings is 1. The molecule has 2 nitrogen and oxygen atoms in total. The lowest BCUT2D eigenvalue weighted by Crippen LogP contribution is -2.16. The third kappa shape index (κ3) is 1.77. The molecule has 0 saturated carbocycles. The fourth-order valence-corrected chi connectivity index (χ4v) is 2.67. The average Bonchev–Trinajstić information content (AvgIpc) is 2.72. The van der Waals surface area contributed by atoms with E-state index in [4.69, 9.17) is 4.74 Å². The second-order valence-corrected chi connectivity index (χ2v) is 4.41. The van der Waals surface area contributed by atoms with Crippen LogP contribution in [0, 0.1) is 6.92 Å². The summed E-state index contributed by atoms with van der Waals surface area (Å²) in [6.07, 6.45) is 1.67. The molecule has 2 rings (SSSR count). The number of ether oxygens (including phenoxy) is 1. The Labute approximate surface area is 82.2 Å². The summed E-state index contributed by atoms with van der Waals surface area (Å²) in [4.78, 5) is 1.06. The first-order chi connectivity index (χ1) is 6.29. The summed E-state index contributed by atoms with van der Waals surface area (Å²) >= 11 is 1.61. The van der Waals surface area contributed by atoms with Crippen LogP contribution >= 0.6 is 11.3 Å². The molecule has 2 unspecified atom stereocenters. The van der Waals surface area contributed by atoms with E-state index in [1.807, 2.05) is 18.4 Å². The Morgan fingerprint density at radius 3 is 3.08 bits per heavy atom. The van der Waals surface area contributed by atoms with Crippen molar-refractivity contribution >= 4 is 11.3 Å². The minimum atomic E-state index is -0.414. The maximum absolute atomic E-state index is 9.98. The first kappa shape index (κ1) is 9.19. The maximum Gasteiger partial charge on any atom is 0.114 e. The van der Waals surface area contributed by atoms with Crippen LogP contribution in [-0.2, 0) is 4.74 Å². The average molecular weight is 198 g/mol. The van der Waals surface area contributed by atoms with Crippen LogP contribution in [0.25, 0.3) is 0 Å². The fourth-order valence-electron chi connectivity index (χ4n) is 1.71. The molecule has 72 valence electrons. The van der Waals surface area contributed by atoms with Gasteiger partial charge in [0.25, 0.3) is 0 Å². The Hall–Kier alpha value is -0.380. The van der Waals surface area contributed by atoms with Gasteiger partial charge in [-0.1, -0.05) is 0 Å². The molecule has 1 saturated heterocycles. The summed E-state index contributed by atoms with van der Waals surface area (Å²) in [5.74, 6) is 0. The van der Waals surface area contributed by atoms with Gasteiger partial charge in [0.15, 0.2) is 0 Å². The lowest BCUT2D eigenvalue weighted by Gasteiger charge is -2.16. The van der Waals surface area contributed by atoms with Crippen LogP contribution in [0.15, 0.2) is 11.4 Å². The number of hydrogen-bond donors (Lipinski definition) is 1. The highest BCUT2D eigenvalue weighted by atomic mass is 32.1. The van der Waals surface area contributed by atoms with Crippen molar-refractivity contribution in [1.82, 2.24) is 0 Å². The minimum absolute atomic E-state index is 0.0253. The van der Waals surface area contributed by atoms with Crippen molar-refractivity contribution in [2.24, 2.45) is 0 Å². The molecule has 1 aromatic heterocycles. The molecule has 3 heteroatoms. The van der Waals surface area contributed by atoms with E-state index in [1.165, 1.54) is 5.56 Å². The second-order valence-electron chi connectivity index (χ2n) is 3.46. The standard InChI is InChI=1S/C10H14O2S/c1-7-4-6-13-10(7)9(11)8-3-2-5-12-8/h4,6,8-9,11H,2-3,5H2,1H3. The van der Waals surface area contributed by atoms with Crippen molar-refractivity contribution in [1.29, 1.82) is 0 Å². The summed E-state index contributed by atoms with van der Waals surface area (Å²) in [7, 11) is 0. The topological polar surface area (TPSA) is 29.5 Å². The van der Waals surface area contributed by atoms with E-state index >= 15 is 0 Å². The van der Waals surface area contributed by atoms with Crippen molar-refractivity contribution in [3.63, 3.8) is 0 Å². The molecule has 2 heterocycles. The molecule has 0 amide bonds. The van der Waals surface area contributed by atoms with Gasteiger partial charge in [0.05, 0.1) is 6.10 Å². The summed E-state index contributed by atoms with van der Waals surface area (Å²) in [5.41, 5.74) is 1.17. The molecule has 13 heavy (non-hydrogen) atoms. The van der Waals surface area contributed by atoms with Gasteiger partial charge in [0.2, 0.25) is 0 Å². The zero-order chi connectivity index (χ0) is 9.26. The molecule has 0 spiro atoms. The number of aliphatic hydroxyl groups excluding tert-OH is 1. The fraction of sp³-hybridized carbons (Fsp3) is 0.600. The van der Waals surface area contributed by atoms with Gasteiger partial charge >= 0.3 is 0 Å². The van der Waals surface area contributed by atoms with Gasteiger partial charge in [-0.3, -0.25) is 0 Å². The normalized spacial score (nSPS) is 24.9. The van der Waals surface area contributed by atoms with E-state index in [0.29, 0.717) is 0 Å². The second kappa shape index (κ2) is 3.78.